The summed E-state index contributed by atoms with van der Waals surface area (Å²) in [5.74, 6) is -0.377. The van der Waals surface area contributed by atoms with Gasteiger partial charge in [0.2, 0.25) is 6.08 Å². The molecule has 0 radical (unpaired) electrons. The van der Waals surface area contributed by atoms with Crippen molar-refractivity contribution in [3.8, 4) is 0 Å². The zero-order chi connectivity index (χ0) is 10.8. The smallest absolute Gasteiger partial charge is 0.373 e. The molecule has 0 spiro atoms. The number of hydrogen-bond donors (Lipinski definition) is 0. The maximum atomic E-state index is 11.1. The molecule has 5 heteroatoms. The van der Waals surface area contributed by atoms with Crippen molar-refractivity contribution in [1.82, 2.24) is 0 Å². The first-order chi connectivity index (χ1) is 6.76. The number of nitrogens with zero attached hydrogens (tertiary/aromatic N) is 1. The van der Waals surface area contributed by atoms with Crippen molar-refractivity contribution >= 4 is 12.0 Å². The highest BCUT2D eigenvalue weighted by molar-refractivity contribution is 5.86. The molecular formula is C9H13NO4. The van der Waals surface area contributed by atoms with Gasteiger partial charge in [0.05, 0.1) is 13.2 Å². The van der Waals surface area contributed by atoms with Gasteiger partial charge in [0.1, 0.15) is 6.61 Å². The molecule has 5 nitrogen and oxygen atoms in total. The molecule has 0 amide bonds. The number of allylic oxidation sites excluding steroid dienone is 1. The minimum absolute atomic E-state index is 0.132. The van der Waals surface area contributed by atoms with Crippen molar-refractivity contribution in [2.24, 2.45) is 4.99 Å². The molecule has 14 heavy (non-hydrogen) atoms. The Morgan fingerprint density at radius 2 is 2.21 bits per heavy atom. The third-order valence-electron chi connectivity index (χ3n) is 1.26. The Balaban J connectivity index is 3.92. The minimum Gasteiger partial charge on any atom is -0.485 e. The fourth-order valence-electron chi connectivity index (χ4n) is 0.709. The van der Waals surface area contributed by atoms with Crippen LogP contribution in [0.3, 0.4) is 0 Å². The van der Waals surface area contributed by atoms with Gasteiger partial charge in [-0.25, -0.2) is 14.6 Å². The van der Waals surface area contributed by atoms with Gasteiger partial charge in [-0.15, -0.1) is 0 Å². The summed E-state index contributed by atoms with van der Waals surface area (Å²) in [5, 5.41) is 0. The van der Waals surface area contributed by atoms with E-state index in [1.807, 2.05) is 0 Å². The van der Waals surface area contributed by atoms with Gasteiger partial charge in [-0.2, -0.15) is 0 Å². The second kappa shape index (κ2) is 8.01. The van der Waals surface area contributed by atoms with Crippen LogP contribution >= 0.6 is 0 Å². The number of aliphatic imine (C=N–C) groups is 1. The molecule has 78 valence electrons. The first-order valence-electron chi connectivity index (χ1n) is 4.26. The van der Waals surface area contributed by atoms with E-state index in [2.05, 4.69) is 4.99 Å². The van der Waals surface area contributed by atoms with E-state index >= 15 is 0 Å². The fraction of sp³-hybridized carbons (Fsp3) is 0.556. The van der Waals surface area contributed by atoms with E-state index in [9.17, 15) is 9.59 Å². The van der Waals surface area contributed by atoms with Crippen LogP contribution in [0, 0.1) is 0 Å². The van der Waals surface area contributed by atoms with Crippen LogP contribution in [0.15, 0.2) is 16.8 Å². The zero-order valence-corrected chi connectivity index (χ0v) is 8.28. The van der Waals surface area contributed by atoms with E-state index in [1.165, 1.54) is 12.2 Å². The second-order valence-corrected chi connectivity index (χ2v) is 2.19. The van der Waals surface area contributed by atoms with E-state index < -0.39 is 5.97 Å². The average molecular weight is 199 g/mol. The molecule has 0 aromatic carbocycles. The van der Waals surface area contributed by atoms with Gasteiger partial charge in [0, 0.05) is 0 Å². The predicted octanol–water partition coefficient (Wildman–Crippen LogP) is 0.806. The Kier molecular flexibility index (Phi) is 7.09. The van der Waals surface area contributed by atoms with E-state index in [0.717, 1.165) is 0 Å². The standard InChI is InChI=1S/C9H13NO4/c1-3-8(9(12)13-4-2)14-6-5-10-7-11/h3H,4-6H2,1-2H3/b8-3-. The van der Waals surface area contributed by atoms with Crippen LogP contribution in [0.1, 0.15) is 13.8 Å². The van der Waals surface area contributed by atoms with Crippen LogP contribution in [0.25, 0.3) is 0 Å². The topological polar surface area (TPSA) is 65.0 Å². The molecule has 0 aromatic heterocycles. The summed E-state index contributed by atoms with van der Waals surface area (Å²) < 4.78 is 9.73. The number of hydrogen-bond acceptors (Lipinski definition) is 5. The maximum Gasteiger partial charge on any atom is 0.373 e. The number of carbonyl (C=O) groups excluding carboxylic acids is 2. The molecule has 0 atom stereocenters. The van der Waals surface area contributed by atoms with E-state index in [-0.39, 0.29) is 18.9 Å². The quantitative estimate of drug-likeness (QED) is 0.158. The van der Waals surface area contributed by atoms with E-state index in [4.69, 9.17) is 9.47 Å². The van der Waals surface area contributed by atoms with Crippen molar-refractivity contribution in [2.75, 3.05) is 19.8 Å². The fourth-order valence-corrected chi connectivity index (χ4v) is 0.709. The largest absolute Gasteiger partial charge is 0.485 e. The molecule has 0 N–H and O–H groups in total. The highest BCUT2D eigenvalue weighted by atomic mass is 16.6. The third kappa shape index (κ3) is 5.11. The summed E-state index contributed by atoms with van der Waals surface area (Å²) >= 11 is 0. The normalized spacial score (nSPS) is 10.3. The van der Waals surface area contributed by atoms with Gasteiger partial charge in [0.15, 0.2) is 5.76 Å². The number of rotatable bonds is 6. The second-order valence-electron chi connectivity index (χ2n) is 2.19. The number of ether oxygens (including phenoxy) is 2. The molecule has 0 heterocycles. The van der Waals surface area contributed by atoms with Gasteiger partial charge in [0.25, 0.3) is 0 Å². The Bertz CT molecular complexity index is 254. The van der Waals surface area contributed by atoms with Crippen molar-refractivity contribution in [3.63, 3.8) is 0 Å². The van der Waals surface area contributed by atoms with Crippen molar-refractivity contribution in [3.05, 3.63) is 11.8 Å². The van der Waals surface area contributed by atoms with Crippen molar-refractivity contribution < 1.29 is 19.1 Å². The Morgan fingerprint density at radius 1 is 1.50 bits per heavy atom. The van der Waals surface area contributed by atoms with Gasteiger partial charge < -0.3 is 9.47 Å². The minimum atomic E-state index is -0.509. The number of isocyanates is 1. The highest BCUT2D eigenvalue weighted by Crippen LogP contribution is 2.00. The Labute approximate surface area is 82.4 Å². The first kappa shape index (κ1) is 12.4. The monoisotopic (exact) mass is 199 g/mol. The lowest BCUT2D eigenvalue weighted by Gasteiger charge is -2.06. The zero-order valence-electron chi connectivity index (χ0n) is 8.28. The van der Waals surface area contributed by atoms with E-state index in [1.54, 1.807) is 13.8 Å². The summed E-state index contributed by atoms with van der Waals surface area (Å²) in [6, 6.07) is 0. The average Bonchev–Trinajstić information content (AvgIpc) is 2.18. The first-order valence-corrected chi connectivity index (χ1v) is 4.26. The third-order valence-corrected chi connectivity index (χ3v) is 1.26. The highest BCUT2D eigenvalue weighted by Gasteiger charge is 2.09. The summed E-state index contributed by atoms with van der Waals surface area (Å²) in [6.45, 7) is 4.01. The summed E-state index contributed by atoms with van der Waals surface area (Å²) in [7, 11) is 0. The van der Waals surface area contributed by atoms with Crippen LogP contribution in [0.2, 0.25) is 0 Å². The van der Waals surface area contributed by atoms with Gasteiger partial charge in [-0.1, -0.05) is 0 Å². The molecule has 0 rings (SSSR count). The molecule has 0 saturated carbocycles. The van der Waals surface area contributed by atoms with Crippen LogP contribution in [0.5, 0.6) is 0 Å². The molecular weight excluding hydrogens is 186 g/mol. The molecule has 0 aliphatic rings. The summed E-state index contributed by atoms with van der Waals surface area (Å²) in [5.41, 5.74) is 0. The van der Waals surface area contributed by atoms with Crippen LogP contribution in [-0.2, 0) is 19.1 Å². The van der Waals surface area contributed by atoms with Crippen LogP contribution < -0.4 is 0 Å². The number of carbonyl (C=O) groups is 1. The van der Waals surface area contributed by atoms with Crippen LogP contribution in [-0.4, -0.2) is 31.8 Å². The lowest BCUT2D eigenvalue weighted by atomic mass is 10.4. The Hall–Kier alpha value is -1.61. The van der Waals surface area contributed by atoms with Crippen LogP contribution in [0.4, 0.5) is 0 Å². The maximum absolute atomic E-state index is 11.1. The molecule has 0 bridgehead atoms. The SMILES string of the molecule is C/C=C(\OCCN=C=O)C(=O)OCC. The number of esters is 1. The summed E-state index contributed by atoms with van der Waals surface area (Å²) in [4.78, 5) is 24.1. The van der Waals surface area contributed by atoms with E-state index in [0.29, 0.717) is 6.61 Å². The lowest BCUT2D eigenvalue weighted by molar-refractivity contribution is -0.142. The van der Waals surface area contributed by atoms with Gasteiger partial charge in [-0.3, -0.25) is 0 Å². The predicted molar refractivity (Wildman–Crippen MR) is 49.3 cm³/mol. The van der Waals surface area contributed by atoms with Crippen molar-refractivity contribution in [2.45, 2.75) is 13.8 Å². The molecule has 0 saturated heterocycles. The molecule has 0 fully saturated rings. The Morgan fingerprint density at radius 3 is 2.71 bits per heavy atom. The molecule has 0 aliphatic carbocycles. The molecule has 0 aliphatic heterocycles. The molecule has 0 aromatic rings. The summed E-state index contributed by atoms with van der Waals surface area (Å²) in [6.07, 6.45) is 2.88. The van der Waals surface area contributed by atoms with Crippen molar-refractivity contribution in [1.29, 1.82) is 0 Å². The van der Waals surface area contributed by atoms with Gasteiger partial charge >= 0.3 is 5.97 Å². The van der Waals surface area contributed by atoms with Gasteiger partial charge in [-0.05, 0) is 19.9 Å². The lowest BCUT2D eigenvalue weighted by Crippen LogP contribution is -2.11. The molecule has 0 unspecified atom stereocenters.